The summed E-state index contributed by atoms with van der Waals surface area (Å²) in [6.45, 7) is 2.65. The molecule has 0 bridgehead atoms. The third kappa shape index (κ3) is 5.77. The number of amides is 1. The minimum Gasteiger partial charge on any atom is -0.490 e. The molecule has 2 aromatic rings. The van der Waals surface area contributed by atoms with Crippen LogP contribution >= 0.6 is 11.8 Å². The smallest absolute Gasteiger partial charge is 0.311 e. The fourth-order valence-corrected chi connectivity index (χ4v) is 3.25. The molecule has 0 saturated heterocycles. The number of ether oxygens (including phenoxy) is 1. The van der Waals surface area contributed by atoms with Crippen LogP contribution in [-0.4, -0.2) is 30.2 Å². The number of carbonyl (C=O) groups is 1. The summed E-state index contributed by atoms with van der Waals surface area (Å²) in [6, 6.07) is 14.9. The highest BCUT2D eigenvalue weighted by Crippen LogP contribution is 2.28. The van der Waals surface area contributed by atoms with E-state index in [0.29, 0.717) is 18.1 Å². The molecule has 2 aromatic carbocycles. The first-order valence-corrected chi connectivity index (χ1v) is 9.37. The Bertz CT molecular complexity index is 752. The van der Waals surface area contributed by atoms with Gasteiger partial charge < -0.3 is 10.1 Å². The molecule has 2 rings (SSSR count). The van der Waals surface area contributed by atoms with Crippen molar-refractivity contribution in [2.75, 3.05) is 19.4 Å². The molecule has 0 spiro atoms. The number of hydrogen-bond acceptors (Lipinski definition) is 5. The van der Waals surface area contributed by atoms with Gasteiger partial charge in [0.2, 0.25) is 5.91 Å². The lowest BCUT2D eigenvalue weighted by Crippen LogP contribution is -2.29. The van der Waals surface area contributed by atoms with Crippen LogP contribution in [0.5, 0.6) is 5.75 Å². The summed E-state index contributed by atoms with van der Waals surface area (Å²) in [5.74, 6) is 1.26. The van der Waals surface area contributed by atoms with Crippen molar-refractivity contribution in [3.05, 3.63) is 69.8 Å². The van der Waals surface area contributed by atoms with Crippen molar-refractivity contribution in [3.8, 4) is 5.75 Å². The SMILES string of the molecule is COc1ccc(CSCC(=O)NCC(C)c2ccccc2)cc1[N+](=O)[O-]. The zero-order valence-electron chi connectivity index (χ0n) is 14.8. The lowest BCUT2D eigenvalue weighted by Gasteiger charge is -2.13. The molecule has 1 N–H and O–H groups in total. The Morgan fingerprint density at radius 2 is 2.00 bits per heavy atom. The second-order valence-corrected chi connectivity index (χ2v) is 6.86. The molecule has 138 valence electrons. The van der Waals surface area contributed by atoms with E-state index in [0.717, 1.165) is 5.56 Å². The molecule has 6 nitrogen and oxygen atoms in total. The molecule has 0 radical (unpaired) electrons. The van der Waals surface area contributed by atoms with Gasteiger partial charge in [0.15, 0.2) is 5.75 Å². The predicted molar refractivity (Wildman–Crippen MR) is 104 cm³/mol. The van der Waals surface area contributed by atoms with Gasteiger partial charge in [-0.1, -0.05) is 43.3 Å². The van der Waals surface area contributed by atoms with Crippen molar-refractivity contribution >= 4 is 23.4 Å². The van der Waals surface area contributed by atoms with E-state index in [1.54, 1.807) is 12.1 Å². The van der Waals surface area contributed by atoms with E-state index in [9.17, 15) is 14.9 Å². The van der Waals surface area contributed by atoms with Crippen LogP contribution in [0.25, 0.3) is 0 Å². The first-order valence-electron chi connectivity index (χ1n) is 8.22. The van der Waals surface area contributed by atoms with Gasteiger partial charge in [-0.25, -0.2) is 0 Å². The summed E-state index contributed by atoms with van der Waals surface area (Å²) in [6.07, 6.45) is 0. The molecule has 1 unspecified atom stereocenters. The van der Waals surface area contributed by atoms with Crippen molar-refractivity contribution < 1.29 is 14.5 Å². The summed E-state index contributed by atoms with van der Waals surface area (Å²) in [7, 11) is 1.40. The molecule has 7 heteroatoms. The molecular formula is C19H22N2O4S. The van der Waals surface area contributed by atoms with Gasteiger partial charge in [-0.05, 0) is 23.1 Å². The van der Waals surface area contributed by atoms with Crippen molar-refractivity contribution in [1.82, 2.24) is 5.32 Å². The number of thioether (sulfide) groups is 1. The Morgan fingerprint density at radius 1 is 1.27 bits per heavy atom. The lowest BCUT2D eigenvalue weighted by atomic mass is 10.0. The largest absolute Gasteiger partial charge is 0.490 e. The highest BCUT2D eigenvalue weighted by Gasteiger charge is 2.15. The quantitative estimate of drug-likeness (QED) is 0.534. The van der Waals surface area contributed by atoms with E-state index in [1.807, 2.05) is 30.3 Å². The second kappa shape index (κ2) is 9.82. The van der Waals surface area contributed by atoms with Crippen LogP contribution in [0.3, 0.4) is 0 Å². The molecule has 0 aliphatic rings. The average Bonchev–Trinajstić information content (AvgIpc) is 2.66. The van der Waals surface area contributed by atoms with Gasteiger partial charge in [-0.15, -0.1) is 11.8 Å². The number of nitro groups is 1. The van der Waals surface area contributed by atoms with Crippen molar-refractivity contribution in [2.24, 2.45) is 0 Å². The number of nitro benzene ring substituents is 1. The van der Waals surface area contributed by atoms with Gasteiger partial charge in [-0.2, -0.15) is 0 Å². The van der Waals surface area contributed by atoms with Crippen molar-refractivity contribution in [2.45, 2.75) is 18.6 Å². The number of benzene rings is 2. The van der Waals surface area contributed by atoms with Crippen molar-refractivity contribution in [1.29, 1.82) is 0 Å². The maximum absolute atomic E-state index is 12.0. The second-order valence-electron chi connectivity index (χ2n) is 5.87. The maximum atomic E-state index is 12.0. The van der Waals surface area contributed by atoms with E-state index in [-0.39, 0.29) is 23.3 Å². The Hall–Kier alpha value is -2.54. The highest BCUT2D eigenvalue weighted by atomic mass is 32.2. The standard InChI is InChI=1S/C19H22N2O4S/c1-14(16-6-4-3-5-7-16)11-20-19(22)13-26-12-15-8-9-18(25-2)17(10-15)21(23)24/h3-10,14H,11-13H2,1-2H3,(H,20,22). The first kappa shape index (κ1) is 19.8. The number of nitrogens with zero attached hydrogens (tertiary/aromatic N) is 1. The van der Waals surface area contributed by atoms with Crippen molar-refractivity contribution in [3.63, 3.8) is 0 Å². The lowest BCUT2D eigenvalue weighted by molar-refractivity contribution is -0.385. The molecule has 1 amide bonds. The van der Waals surface area contributed by atoms with Crippen LogP contribution in [0.4, 0.5) is 5.69 Å². The summed E-state index contributed by atoms with van der Waals surface area (Å²) in [4.78, 5) is 22.6. The van der Waals surface area contributed by atoms with Crippen LogP contribution in [0, 0.1) is 10.1 Å². The molecular weight excluding hydrogens is 352 g/mol. The number of nitrogens with one attached hydrogen (secondary N) is 1. The van der Waals surface area contributed by atoms with Gasteiger partial charge >= 0.3 is 5.69 Å². The monoisotopic (exact) mass is 374 g/mol. The van der Waals surface area contributed by atoms with E-state index in [2.05, 4.69) is 12.2 Å². The number of rotatable bonds is 9. The summed E-state index contributed by atoms with van der Waals surface area (Å²) in [5, 5.41) is 14.0. The van der Waals surface area contributed by atoms with E-state index in [4.69, 9.17) is 4.74 Å². The van der Waals surface area contributed by atoms with Gasteiger partial charge in [0, 0.05) is 18.4 Å². The van der Waals surface area contributed by atoms with E-state index < -0.39 is 4.92 Å². The summed E-state index contributed by atoms with van der Waals surface area (Å²) in [5.41, 5.74) is 1.91. The Labute approximate surface area is 157 Å². The number of carbonyl (C=O) groups excluding carboxylic acids is 1. The topological polar surface area (TPSA) is 81.5 Å². The third-order valence-electron chi connectivity index (χ3n) is 3.92. The third-order valence-corrected chi connectivity index (χ3v) is 4.92. The molecule has 0 aliphatic heterocycles. The summed E-state index contributed by atoms with van der Waals surface area (Å²) >= 11 is 1.42. The van der Waals surface area contributed by atoms with Gasteiger partial charge in [0.25, 0.3) is 0 Å². The summed E-state index contributed by atoms with van der Waals surface area (Å²) < 4.78 is 4.98. The first-order chi connectivity index (χ1) is 12.5. The van der Waals surface area contributed by atoms with Crippen LogP contribution in [0.2, 0.25) is 0 Å². The minimum absolute atomic E-state index is 0.0409. The van der Waals surface area contributed by atoms with Gasteiger partial charge in [0.1, 0.15) is 0 Å². The van der Waals surface area contributed by atoms with E-state index in [1.165, 1.54) is 30.5 Å². The normalized spacial score (nSPS) is 11.6. The fourth-order valence-electron chi connectivity index (χ4n) is 2.45. The molecule has 0 aromatic heterocycles. The molecule has 26 heavy (non-hydrogen) atoms. The minimum atomic E-state index is -0.468. The van der Waals surface area contributed by atoms with Gasteiger partial charge in [0.05, 0.1) is 17.8 Å². The van der Waals surface area contributed by atoms with Crippen LogP contribution in [-0.2, 0) is 10.5 Å². The maximum Gasteiger partial charge on any atom is 0.311 e. The zero-order chi connectivity index (χ0) is 18.9. The Morgan fingerprint density at radius 3 is 2.65 bits per heavy atom. The highest BCUT2D eigenvalue weighted by molar-refractivity contribution is 7.99. The number of hydrogen-bond donors (Lipinski definition) is 1. The number of methoxy groups -OCH3 is 1. The average molecular weight is 374 g/mol. The fraction of sp³-hybridized carbons (Fsp3) is 0.316. The Balaban J connectivity index is 1.78. The van der Waals surface area contributed by atoms with Crippen LogP contribution in [0.1, 0.15) is 24.0 Å². The molecule has 0 fully saturated rings. The molecule has 1 atom stereocenters. The van der Waals surface area contributed by atoms with Crippen LogP contribution in [0.15, 0.2) is 48.5 Å². The van der Waals surface area contributed by atoms with Gasteiger partial charge in [-0.3, -0.25) is 14.9 Å². The molecule has 0 heterocycles. The zero-order valence-corrected chi connectivity index (χ0v) is 15.6. The molecule has 0 aliphatic carbocycles. The molecule has 0 saturated carbocycles. The Kier molecular flexibility index (Phi) is 7.47. The van der Waals surface area contributed by atoms with E-state index >= 15 is 0 Å². The predicted octanol–water partition coefficient (Wildman–Crippen LogP) is 3.76. The van der Waals surface area contributed by atoms with Crippen LogP contribution < -0.4 is 10.1 Å².